The summed E-state index contributed by atoms with van der Waals surface area (Å²) in [6.45, 7) is 1.50. The molecule has 0 radical (unpaired) electrons. The molecule has 1 aromatic carbocycles. The van der Waals surface area contributed by atoms with E-state index >= 15 is 0 Å². The van der Waals surface area contributed by atoms with Gasteiger partial charge in [0.2, 0.25) is 11.8 Å². The summed E-state index contributed by atoms with van der Waals surface area (Å²) in [6.07, 6.45) is 3.43. The molecule has 4 saturated carbocycles. The minimum atomic E-state index is -0.106. The Morgan fingerprint density at radius 1 is 1.00 bits per heavy atom. The number of amides is 2. The molecule has 1 saturated heterocycles. The number of benzene rings is 1. The number of carbonyl (C=O) groups excluding carboxylic acids is 3. The molecule has 4 aliphatic carbocycles. The first-order valence-corrected chi connectivity index (χ1v) is 8.56. The van der Waals surface area contributed by atoms with Crippen LogP contribution in [0.1, 0.15) is 36.5 Å². The van der Waals surface area contributed by atoms with Crippen molar-refractivity contribution < 1.29 is 14.4 Å². The monoisotopic (exact) mass is 309 g/mol. The predicted molar refractivity (Wildman–Crippen MR) is 83.7 cm³/mol. The lowest BCUT2D eigenvalue weighted by atomic mass is 9.59. The van der Waals surface area contributed by atoms with Crippen molar-refractivity contribution in [3.8, 4) is 0 Å². The molecule has 0 aromatic heterocycles. The Morgan fingerprint density at radius 2 is 1.61 bits per heavy atom. The molecule has 5 fully saturated rings. The molecule has 0 spiro atoms. The van der Waals surface area contributed by atoms with Crippen LogP contribution >= 0.6 is 0 Å². The molecule has 0 N–H and O–H groups in total. The van der Waals surface area contributed by atoms with E-state index < -0.39 is 0 Å². The number of nitrogens with zero attached hydrogens (tertiary/aromatic N) is 1. The van der Waals surface area contributed by atoms with E-state index in [1.54, 1.807) is 24.3 Å². The van der Waals surface area contributed by atoms with Crippen molar-refractivity contribution in [2.24, 2.45) is 35.5 Å². The highest BCUT2D eigenvalue weighted by Gasteiger charge is 2.68. The third-order valence-corrected chi connectivity index (χ3v) is 6.66. The van der Waals surface area contributed by atoms with Crippen molar-refractivity contribution in [3.63, 3.8) is 0 Å². The van der Waals surface area contributed by atoms with E-state index in [2.05, 4.69) is 0 Å². The van der Waals surface area contributed by atoms with Gasteiger partial charge in [-0.1, -0.05) is 12.1 Å². The number of Topliss-reactive ketones (excluding diaryl/α,β-unsaturated/α-hetero) is 1. The minimum Gasteiger partial charge on any atom is -0.295 e. The molecule has 1 heterocycles. The first kappa shape index (κ1) is 13.5. The van der Waals surface area contributed by atoms with E-state index in [-0.39, 0.29) is 29.4 Å². The molecule has 118 valence electrons. The molecular weight excluding hydrogens is 290 g/mol. The quantitative estimate of drug-likeness (QED) is 0.623. The van der Waals surface area contributed by atoms with E-state index in [9.17, 15) is 14.4 Å². The zero-order valence-electron chi connectivity index (χ0n) is 13.1. The molecular formula is C19H19NO3. The SMILES string of the molecule is CC(=O)c1cccc(N2C(=O)C3C4CCC(C5CC54)C3C2=O)c1. The molecule has 4 nitrogen and oxygen atoms in total. The fraction of sp³-hybridized carbons (Fsp3) is 0.526. The van der Waals surface area contributed by atoms with E-state index in [4.69, 9.17) is 0 Å². The van der Waals surface area contributed by atoms with Crippen molar-refractivity contribution in [2.45, 2.75) is 26.2 Å². The summed E-state index contributed by atoms with van der Waals surface area (Å²) in [5.74, 6) is 1.88. The molecule has 6 rings (SSSR count). The van der Waals surface area contributed by atoms with Gasteiger partial charge in [-0.25, -0.2) is 0 Å². The van der Waals surface area contributed by atoms with E-state index in [1.807, 2.05) is 0 Å². The van der Waals surface area contributed by atoms with Gasteiger partial charge in [0.15, 0.2) is 5.78 Å². The number of hydrogen-bond acceptors (Lipinski definition) is 3. The second-order valence-corrected chi connectivity index (χ2v) is 7.64. The standard InChI is InChI=1S/C19H19NO3/c1-9(21)10-3-2-4-11(7-10)20-18(22)16-12-5-6-13(15-8-14(12)15)17(16)19(20)23/h2-4,7,12-17H,5-6,8H2,1H3. The summed E-state index contributed by atoms with van der Waals surface area (Å²) in [4.78, 5) is 39.0. The van der Waals surface area contributed by atoms with Gasteiger partial charge in [-0.05, 0) is 62.0 Å². The number of carbonyl (C=O) groups is 3. The van der Waals surface area contributed by atoms with Crippen LogP contribution in [0, 0.1) is 35.5 Å². The van der Waals surface area contributed by atoms with Gasteiger partial charge in [-0.3, -0.25) is 19.3 Å². The van der Waals surface area contributed by atoms with Gasteiger partial charge < -0.3 is 0 Å². The molecule has 5 aliphatic rings. The second kappa shape index (κ2) is 4.31. The molecule has 4 heteroatoms. The van der Waals surface area contributed by atoms with Crippen LogP contribution in [-0.4, -0.2) is 17.6 Å². The van der Waals surface area contributed by atoms with Gasteiger partial charge >= 0.3 is 0 Å². The van der Waals surface area contributed by atoms with Crippen molar-refractivity contribution in [2.75, 3.05) is 4.90 Å². The molecule has 2 amide bonds. The van der Waals surface area contributed by atoms with Crippen LogP contribution in [0.2, 0.25) is 0 Å². The molecule has 1 aromatic rings. The maximum absolute atomic E-state index is 13.0. The Labute approximate surface area is 134 Å². The second-order valence-electron chi connectivity index (χ2n) is 7.64. The zero-order chi connectivity index (χ0) is 15.9. The molecule has 2 bridgehead atoms. The lowest BCUT2D eigenvalue weighted by Gasteiger charge is -2.42. The van der Waals surface area contributed by atoms with E-state index in [0.717, 1.165) is 12.8 Å². The Balaban J connectivity index is 1.56. The largest absolute Gasteiger partial charge is 0.295 e. The summed E-state index contributed by atoms with van der Waals surface area (Å²) >= 11 is 0. The Kier molecular flexibility index (Phi) is 2.52. The number of fused-ring (bicyclic) bond motifs is 1. The van der Waals surface area contributed by atoms with Crippen molar-refractivity contribution in [3.05, 3.63) is 29.8 Å². The highest BCUT2D eigenvalue weighted by molar-refractivity contribution is 6.22. The predicted octanol–water partition coefficient (Wildman–Crippen LogP) is 2.67. The Bertz CT molecular complexity index is 721. The van der Waals surface area contributed by atoms with Crippen LogP contribution in [0.3, 0.4) is 0 Å². The third-order valence-electron chi connectivity index (χ3n) is 6.66. The summed E-state index contributed by atoms with van der Waals surface area (Å²) < 4.78 is 0. The summed E-state index contributed by atoms with van der Waals surface area (Å²) in [6, 6.07) is 6.92. The van der Waals surface area contributed by atoms with Crippen molar-refractivity contribution in [1.29, 1.82) is 0 Å². The van der Waals surface area contributed by atoms with Crippen LogP contribution < -0.4 is 4.90 Å². The molecule has 6 atom stereocenters. The Morgan fingerprint density at radius 3 is 2.17 bits per heavy atom. The summed E-state index contributed by atoms with van der Waals surface area (Å²) in [5, 5.41) is 0. The molecule has 6 unspecified atom stereocenters. The smallest absolute Gasteiger partial charge is 0.237 e. The molecule has 1 aliphatic heterocycles. The van der Waals surface area contributed by atoms with Gasteiger partial charge in [-0.15, -0.1) is 0 Å². The van der Waals surface area contributed by atoms with Gasteiger partial charge in [-0.2, -0.15) is 0 Å². The van der Waals surface area contributed by atoms with Crippen LogP contribution in [0.15, 0.2) is 24.3 Å². The van der Waals surface area contributed by atoms with Gasteiger partial charge in [0, 0.05) is 5.56 Å². The van der Waals surface area contributed by atoms with E-state index in [1.165, 1.54) is 18.2 Å². The van der Waals surface area contributed by atoms with Crippen LogP contribution in [-0.2, 0) is 9.59 Å². The maximum Gasteiger partial charge on any atom is 0.237 e. The number of imide groups is 1. The van der Waals surface area contributed by atoms with E-state index in [0.29, 0.717) is 34.9 Å². The first-order valence-electron chi connectivity index (χ1n) is 8.56. The van der Waals surface area contributed by atoms with Crippen LogP contribution in [0.5, 0.6) is 0 Å². The van der Waals surface area contributed by atoms with Crippen LogP contribution in [0.4, 0.5) is 5.69 Å². The third kappa shape index (κ3) is 1.64. The normalized spacial score (nSPS) is 40.1. The summed E-state index contributed by atoms with van der Waals surface area (Å²) in [7, 11) is 0. The summed E-state index contributed by atoms with van der Waals surface area (Å²) in [5.41, 5.74) is 1.11. The number of anilines is 1. The average molecular weight is 309 g/mol. The highest BCUT2D eigenvalue weighted by atomic mass is 16.2. The van der Waals surface area contributed by atoms with Gasteiger partial charge in [0.25, 0.3) is 0 Å². The lowest BCUT2D eigenvalue weighted by molar-refractivity contribution is -0.129. The van der Waals surface area contributed by atoms with Gasteiger partial charge in [0.1, 0.15) is 0 Å². The fourth-order valence-electron chi connectivity index (χ4n) is 5.66. The van der Waals surface area contributed by atoms with Crippen LogP contribution in [0.25, 0.3) is 0 Å². The van der Waals surface area contributed by atoms with Crippen molar-refractivity contribution >= 4 is 23.3 Å². The minimum absolute atomic E-state index is 0.0271. The zero-order valence-corrected chi connectivity index (χ0v) is 13.1. The average Bonchev–Trinajstić information content (AvgIpc) is 3.32. The number of hydrogen-bond donors (Lipinski definition) is 0. The fourth-order valence-corrected chi connectivity index (χ4v) is 5.66. The topological polar surface area (TPSA) is 54.5 Å². The highest BCUT2D eigenvalue weighted by Crippen LogP contribution is 2.68. The van der Waals surface area contributed by atoms with Gasteiger partial charge in [0.05, 0.1) is 17.5 Å². The number of ketones is 1. The van der Waals surface area contributed by atoms with Crippen molar-refractivity contribution in [1.82, 2.24) is 0 Å². The lowest BCUT2D eigenvalue weighted by Crippen LogP contribution is -2.43. The molecule has 23 heavy (non-hydrogen) atoms. The maximum atomic E-state index is 13.0. The first-order chi connectivity index (χ1) is 11.1. The Hall–Kier alpha value is -1.97. The number of rotatable bonds is 2.